The maximum atomic E-state index is 14.0. The van der Waals surface area contributed by atoms with Crippen LogP contribution in [0, 0.1) is 15.9 Å². The van der Waals surface area contributed by atoms with E-state index in [1.165, 1.54) is 18.0 Å². The maximum Gasteiger partial charge on any atom is 0.305 e. The van der Waals surface area contributed by atoms with E-state index in [1.807, 2.05) is 13.8 Å². The van der Waals surface area contributed by atoms with E-state index < -0.39 is 16.4 Å². The number of nitro groups is 1. The van der Waals surface area contributed by atoms with E-state index in [0.29, 0.717) is 30.7 Å². The fourth-order valence-corrected chi connectivity index (χ4v) is 3.55. The molecular weight excluding hydrogens is 295 g/mol. The Balaban J connectivity index is 2.08. The molecule has 0 unspecified atom stereocenters. The number of hydrogen-bond acceptors (Lipinski definition) is 5. The lowest BCUT2D eigenvalue weighted by atomic mass is 9.92. The molecule has 7 heteroatoms. The van der Waals surface area contributed by atoms with Gasteiger partial charge in [0.2, 0.25) is 5.82 Å². The summed E-state index contributed by atoms with van der Waals surface area (Å²) < 4.78 is 16.1. The molecule has 21 heavy (non-hydrogen) atoms. The molecule has 1 aliphatic rings. The van der Waals surface area contributed by atoms with Gasteiger partial charge in [-0.3, -0.25) is 14.9 Å². The number of benzene rings is 1. The highest BCUT2D eigenvalue weighted by Gasteiger charge is 2.34. The molecule has 1 aromatic rings. The third kappa shape index (κ3) is 3.59. The van der Waals surface area contributed by atoms with Gasteiger partial charge in [-0.15, -0.1) is 0 Å². The summed E-state index contributed by atoms with van der Waals surface area (Å²) in [6, 6.07) is 4.20. The molecule has 0 atom stereocenters. The Morgan fingerprint density at radius 1 is 1.48 bits per heavy atom. The molecule has 0 bridgehead atoms. The molecule has 0 aromatic heterocycles. The molecule has 0 spiro atoms. The van der Waals surface area contributed by atoms with Crippen LogP contribution in [0.5, 0.6) is 0 Å². The third-order valence-electron chi connectivity index (χ3n) is 3.53. The predicted octanol–water partition coefficient (Wildman–Crippen LogP) is 3.33. The fourth-order valence-electron chi connectivity index (χ4n) is 2.39. The number of halogens is 1. The molecule has 0 saturated carbocycles. The van der Waals surface area contributed by atoms with Crippen LogP contribution in [0.15, 0.2) is 18.2 Å². The van der Waals surface area contributed by atoms with E-state index in [0.717, 1.165) is 6.07 Å². The number of Topliss-reactive ketones (excluding diaryl/α,β-unsaturated/α-hetero) is 1. The molecular formula is C14H17FN2O3S. The largest absolute Gasteiger partial charge is 0.305 e. The van der Waals surface area contributed by atoms with Crippen LogP contribution in [0.4, 0.5) is 10.1 Å². The topological polar surface area (TPSA) is 63.5 Å². The van der Waals surface area contributed by atoms with Crippen molar-refractivity contribution in [2.75, 3.05) is 6.54 Å². The zero-order valence-electron chi connectivity index (χ0n) is 12.0. The zero-order chi connectivity index (χ0) is 15.6. The Morgan fingerprint density at radius 2 is 2.19 bits per heavy atom. The summed E-state index contributed by atoms with van der Waals surface area (Å²) in [5, 5.41) is 10.7. The summed E-state index contributed by atoms with van der Waals surface area (Å²) in [4.78, 5) is 21.5. The number of rotatable bonds is 4. The smallest absolute Gasteiger partial charge is 0.300 e. The van der Waals surface area contributed by atoms with Crippen LogP contribution in [-0.4, -0.2) is 27.1 Å². The second kappa shape index (κ2) is 6.11. The van der Waals surface area contributed by atoms with Crippen molar-refractivity contribution in [3.05, 3.63) is 39.7 Å². The van der Waals surface area contributed by atoms with Gasteiger partial charge in [-0.2, -0.15) is 4.39 Å². The number of piperidine rings is 1. The van der Waals surface area contributed by atoms with Gasteiger partial charge in [0.25, 0.3) is 0 Å². The number of nitro benzene ring substituents is 1. The first-order chi connectivity index (χ1) is 9.81. The minimum Gasteiger partial charge on any atom is -0.300 e. The Hall–Kier alpha value is -1.47. The van der Waals surface area contributed by atoms with Gasteiger partial charge >= 0.3 is 5.69 Å². The summed E-state index contributed by atoms with van der Waals surface area (Å²) in [7, 11) is 0. The summed E-state index contributed by atoms with van der Waals surface area (Å²) in [5.41, 5.74) is -0.472. The maximum absolute atomic E-state index is 14.0. The quantitative estimate of drug-likeness (QED) is 0.485. The van der Waals surface area contributed by atoms with Crippen LogP contribution < -0.4 is 0 Å². The highest BCUT2D eigenvalue weighted by Crippen LogP contribution is 2.34. The lowest BCUT2D eigenvalue weighted by Gasteiger charge is -2.40. The number of carbonyl (C=O) groups excluding carboxylic acids is 1. The van der Waals surface area contributed by atoms with E-state index in [4.69, 9.17) is 0 Å². The second-order valence-electron chi connectivity index (χ2n) is 5.66. The van der Waals surface area contributed by atoms with Crippen molar-refractivity contribution in [2.24, 2.45) is 0 Å². The summed E-state index contributed by atoms with van der Waals surface area (Å²) in [5.74, 6) is -0.232. The minimum atomic E-state index is -0.777. The predicted molar refractivity (Wildman–Crippen MR) is 79.4 cm³/mol. The average molecular weight is 312 g/mol. The summed E-state index contributed by atoms with van der Waals surface area (Å²) in [6.07, 6.45) is 0.964. The molecule has 5 nitrogen and oxygen atoms in total. The number of carbonyl (C=O) groups is 1. The van der Waals surface area contributed by atoms with Gasteiger partial charge < -0.3 is 0 Å². The van der Waals surface area contributed by atoms with Gasteiger partial charge in [0, 0.05) is 42.3 Å². The third-order valence-corrected chi connectivity index (χ3v) is 4.96. The van der Waals surface area contributed by atoms with E-state index in [-0.39, 0.29) is 11.3 Å². The van der Waals surface area contributed by atoms with Crippen molar-refractivity contribution in [3.8, 4) is 0 Å². The average Bonchev–Trinajstić information content (AvgIpc) is 2.38. The number of hydrogen-bond donors (Lipinski definition) is 0. The Kier molecular flexibility index (Phi) is 4.63. The van der Waals surface area contributed by atoms with Crippen LogP contribution in [0.2, 0.25) is 0 Å². The van der Waals surface area contributed by atoms with Crippen molar-refractivity contribution in [1.82, 2.24) is 4.31 Å². The first kappa shape index (κ1) is 15.9. The normalized spacial score (nSPS) is 18.7. The Bertz CT molecular complexity index is 577. The van der Waals surface area contributed by atoms with Crippen LogP contribution in [0.1, 0.15) is 32.3 Å². The molecule has 114 valence electrons. The van der Waals surface area contributed by atoms with E-state index >= 15 is 0 Å². The molecule has 0 aliphatic carbocycles. The van der Waals surface area contributed by atoms with Crippen LogP contribution >= 0.6 is 11.9 Å². The van der Waals surface area contributed by atoms with Crippen LogP contribution in [0.3, 0.4) is 0 Å². The molecule has 0 amide bonds. The van der Waals surface area contributed by atoms with Gasteiger partial charge in [0.15, 0.2) is 0 Å². The molecule has 2 rings (SSSR count). The molecule has 1 saturated heterocycles. The number of ketones is 1. The lowest BCUT2D eigenvalue weighted by molar-refractivity contribution is -0.387. The van der Waals surface area contributed by atoms with Crippen LogP contribution in [0.25, 0.3) is 0 Å². The van der Waals surface area contributed by atoms with Crippen molar-refractivity contribution >= 4 is 23.4 Å². The SMILES string of the molecule is CC1(C)CC(=O)CCN1SCc1cccc([N+](=O)[O-])c1F. The molecule has 0 N–H and O–H groups in total. The van der Waals surface area contributed by atoms with E-state index in [2.05, 4.69) is 4.31 Å². The Morgan fingerprint density at radius 3 is 2.81 bits per heavy atom. The van der Waals surface area contributed by atoms with Gasteiger partial charge in [0.05, 0.1) is 4.92 Å². The van der Waals surface area contributed by atoms with E-state index in [1.54, 1.807) is 6.07 Å². The highest BCUT2D eigenvalue weighted by atomic mass is 32.2. The standard InChI is InChI=1S/C14H17FN2O3S/c1-14(2)8-11(18)6-7-16(14)21-9-10-4-3-5-12(13(10)15)17(19)20/h3-5H,6-9H2,1-2H3. The van der Waals surface area contributed by atoms with Gasteiger partial charge in [-0.05, 0) is 13.8 Å². The molecule has 1 heterocycles. The molecule has 1 aromatic carbocycles. The summed E-state index contributed by atoms with van der Waals surface area (Å²) in [6.45, 7) is 4.56. The monoisotopic (exact) mass is 312 g/mol. The van der Waals surface area contributed by atoms with Crippen molar-refractivity contribution in [1.29, 1.82) is 0 Å². The number of nitrogens with zero attached hydrogens (tertiary/aromatic N) is 2. The van der Waals surface area contributed by atoms with Crippen LogP contribution in [-0.2, 0) is 10.5 Å². The molecule has 0 radical (unpaired) electrons. The minimum absolute atomic E-state index is 0.235. The van der Waals surface area contributed by atoms with Crippen molar-refractivity contribution in [3.63, 3.8) is 0 Å². The van der Waals surface area contributed by atoms with Gasteiger partial charge in [-0.25, -0.2) is 4.31 Å². The lowest BCUT2D eigenvalue weighted by Crippen LogP contribution is -2.46. The molecule has 1 aliphatic heterocycles. The Labute approximate surface area is 126 Å². The summed E-state index contributed by atoms with van der Waals surface area (Å²) >= 11 is 1.41. The molecule has 1 fully saturated rings. The second-order valence-corrected chi connectivity index (χ2v) is 6.65. The zero-order valence-corrected chi connectivity index (χ0v) is 12.8. The highest BCUT2D eigenvalue weighted by molar-refractivity contribution is 7.96. The van der Waals surface area contributed by atoms with Crippen molar-refractivity contribution < 1.29 is 14.1 Å². The first-order valence-corrected chi connectivity index (χ1v) is 7.59. The first-order valence-electron chi connectivity index (χ1n) is 6.65. The van der Waals surface area contributed by atoms with Gasteiger partial charge in [-0.1, -0.05) is 24.1 Å². The van der Waals surface area contributed by atoms with E-state index in [9.17, 15) is 19.3 Å². The van der Waals surface area contributed by atoms with Crippen molar-refractivity contribution in [2.45, 2.75) is 38.0 Å². The fraction of sp³-hybridized carbons (Fsp3) is 0.500. The van der Waals surface area contributed by atoms with Gasteiger partial charge in [0.1, 0.15) is 5.78 Å².